The fourth-order valence-electron chi connectivity index (χ4n) is 0.747. The summed E-state index contributed by atoms with van der Waals surface area (Å²) >= 11 is 1.49. The van der Waals surface area contributed by atoms with Gasteiger partial charge in [-0.1, -0.05) is 0 Å². The molecule has 0 amide bonds. The average molecular weight is 152 g/mol. The average Bonchev–Trinajstić information content (AvgIpc) is 2.33. The van der Waals surface area contributed by atoms with E-state index in [-0.39, 0.29) is 6.01 Å². The molecule has 0 fully saturated rings. The van der Waals surface area contributed by atoms with Gasteiger partial charge in [0.15, 0.2) is 0 Å². The molecule has 1 N–H and O–H groups in total. The number of thiophene rings is 1. The SMILES string of the molecule is Oc1ncc2ccsc2n1. The van der Waals surface area contributed by atoms with Crippen molar-refractivity contribution in [1.29, 1.82) is 0 Å². The molecule has 0 aromatic carbocycles. The Morgan fingerprint density at radius 1 is 1.50 bits per heavy atom. The van der Waals surface area contributed by atoms with Crippen molar-refractivity contribution in [3.63, 3.8) is 0 Å². The van der Waals surface area contributed by atoms with Crippen molar-refractivity contribution < 1.29 is 5.11 Å². The minimum atomic E-state index is -0.157. The molecule has 2 aromatic rings. The van der Waals surface area contributed by atoms with Crippen molar-refractivity contribution in [3.05, 3.63) is 17.6 Å². The zero-order valence-electron chi connectivity index (χ0n) is 4.98. The largest absolute Gasteiger partial charge is 0.479 e. The number of hydrogen-bond acceptors (Lipinski definition) is 4. The van der Waals surface area contributed by atoms with Crippen molar-refractivity contribution in [2.75, 3.05) is 0 Å². The fraction of sp³-hybridized carbons (Fsp3) is 0. The standard InChI is InChI=1S/C6H4N2OS/c9-6-7-3-4-1-2-10-5(4)8-6/h1-3H,(H,7,8,9). The van der Waals surface area contributed by atoms with Crippen LogP contribution in [0.1, 0.15) is 0 Å². The Morgan fingerprint density at radius 2 is 2.40 bits per heavy atom. The fourth-order valence-corrected chi connectivity index (χ4v) is 1.48. The lowest BCUT2D eigenvalue weighted by molar-refractivity contribution is 0.433. The maximum absolute atomic E-state index is 8.83. The van der Waals surface area contributed by atoms with E-state index in [9.17, 15) is 0 Å². The summed E-state index contributed by atoms with van der Waals surface area (Å²) in [5, 5.41) is 11.7. The molecule has 0 radical (unpaired) electrons. The molecule has 10 heavy (non-hydrogen) atoms. The molecule has 0 saturated heterocycles. The third kappa shape index (κ3) is 0.733. The highest BCUT2D eigenvalue weighted by molar-refractivity contribution is 7.16. The minimum absolute atomic E-state index is 0.157. The third-order valence-electron chi connectivity index (χ3n) is 1.19. The number of hydrogen-bond donors (Lipinski definition) is 1. The Bertz CT molecular complexity index is 357. The van der Waals surface area contributed by atoms with Gasteiger partial charge in [-0.25, -0.2) is 4.98 Å². The highest BCUT2D eigenvalue weighted by Crippen LogP contribution is 2.18. The summed E-state index contributed by atoms with van der Waals surface area (Å²) in [6.45, 7) is 0. The lowest BCUT2D eigenvalue weighted by atomic mass is 10.4. The second-order valence-corrected chi connectivity index (χ2v) is 2.75. The topological polar surface area (TPSA) is 46.0 Å². The molecule has 0 aliphatic heterocycles. The van der Waals surface area contributed by atoms with Gasteiger partial charge in [-0.05, 0) is 11.4 Å². The molecule has 2 aromatic heterocycles. The predicted molar refractivity (Wildman–Crippen MR) is 39.1 cm³/mol. The molecule has 0 aliphatic rings. The summed E-state index contributed by atoms with van der Waals surface area (Å²) in [6.07, 6.45) is 1.61. The maximum Gasteiger partial charge on any atom is 0.315 e. The van der Waals surface area contributed by atoms with Crippen LogP contribution in [0.25, 0.3) is 10.2 Å². The van der Waals surface area contributed by atoms with Gasteiger partial charge < -0.3 is 5.11 Å². The smallest absolute Gasteiger partial charge is 0.315 e. The van der Waals surface area contributed by atoms with Crippen LogP contribution in [0.2, 0.25) is 0 Å². The Morgan fingerprint density at radius 3 is 3.30 bits per heavy atom. The number of aromatic nitrogens is 2. The Kier molecular flexibility index (Phi) is 1.07. The molecule has 2 heterocycles. The molecule has 0 spiro atoms. The molecule has 0 aliphatic carbocycles. The summed E-state index contributed by atoms with van der Waals surface area (Å²) < 4.78 is 0. The molecule has 0 bridgehead atoms. The van der Waals surface area contributed by atoms with Gasteiger partial charge >= 0.3 is 6.01 Å². The van der Waals surface area contributed by atoms with Gasteiger partial charge in [0.25, 0.3) is 0 Å². The lowest BCUT2D eigenvalue weighted by Gasteiger charge is -1.87. The van der Waals surface area contributed by atoms with Crippen molar-refractivity contribution in [2.24, 2.45) is 0 Å². The Balaban J connectivity index is 2.86. The quantitative estimate of drug-likeness (QED) is 0.620. The third-order valence-corrected chi connectivity index (χ3v) is 2.02. The van der Waals surface area contributed by atoms with Crippen molar-refractivity contribution in [2.45, 2.75) is 0 Å². The summed E-state index contributed by atoms with van der Waals surface area (Å²) in [5.74, 6) is 0. The molecule has 0 saturated carbocycles. The second kappa shape index (κ2) is 1.91. The second-order valence-electron chi connectivity index (χ2n) is 1.85. The van der Waals surface area contributed by atoms with E-state index in [0.29, 0.717) is 0 Å². The number of aromatic hydroxyl groups is 1. The molecular weight excluding hydrogens is 148 g/mol. The normalized spacial score (nSPS) is 10.4. The summed E-state index contributed by atoms with van der Waals surface area (Å²) in [5.41, 5.74) is 0. The Labute approximate surface area is 61.0 Å². The predicted octanol–water partition coefficient (Wildman–Crippen LogP) is 1.40. The van der Waals surface area contributed by atoms with Crippen LogP contribution >= 0.6 is 11.3 Å². The van der Waals surface area contributed by atoms with Crippen LogP contribution in [-0.4, -0.2) is 15.1 Å². The van der Waals surface area contributed by atoms with Crippen molar-refractivity contribution in [3.8, 4) is 6.01 Å². The van der Waals surface area contributed by atoms with Crippen LogP contribution in [0.4, 0.5) is 0 Å². The summed E-state index contributed by atoms with van der Waals surface area (Å²) in [6, 6.07) is 1.76. The van der Waals surface area contributed by atoms with Gasteiger partial charge in [0, 0.05) is 11.6 Å². The van der Waals surface area contributed by atoms with Crippen LogP contribution in [0.3, 0.4) is 0 Å². The summed E-state index contributed by atoms with van der Waals surface area (Å²) in [7, 11) is 0. The van der Waals surface area contributed by atoms with Crippen molar-refractivity contribution >= 4 is 21.6 Å². The van der Waals surface area contributed by atoms with Gasteiger partial charge in [0.2, 0.25) is 0 Å². The molecular formula is C6H4N2OS. The van der Waals surface area contributed by atoms with Gasteiger partial charge in [-0.15, -0.1) is 11.3 Å². The van der Waals surface area contributed by atoms with Crippen LogP contribution in [-0.2, 0) is 0 Å². The first-order valence-electron chi connectivity index (χ1n) is 2.75. The van der Waals surface area contributed by atoms with Crippen LogP contribution in [0, 0.1) is 0 Å². The van der Waals surface area contributed by atoms with E-state index in [1.54, 1.807) is 6.20 Å². The van der Waals surface area contributed by atoms with Crippen LogP contribution in [0.5, 0.6) is 6.01 Å². The first-order chi connectivity index (χ1) is 4.86. The van der Waals surface area contributed by atoms with E-state index in [2.05, 4.69) is 9.97 Å². The molecule has 3 nitrogen and oxygen atoms in total. The van der Waals surface area contributed by atoms with E-state index < -0.39 is 0 Å². The first-order valence-corrected chi connectivity index (χ1v) is 3.63. The number of rotatable bonds is 0. The van der Waals surface area contributed by atoms with E-state index in [0.717, 1.165) is 10.2 Å². The molecule has 0 unspecified atom stereocenters. The zero-order valence-corrected chi connectivity index (χ0v) is 5.80. The van der Waals surface area contributed by atoms with E-state index >= 15 is 0 Å². The maximum atomic E-state index is 8.83. The highest BCUT2D eigenvalue weighted by atomic mass is 32.1. The molecule has 4 heteroatoms. The van der Waals surface area contributed by atoms with Crippen LogP contribution < -0.4 is 0 Å². The molecule has 2 rings (SSSR count). The van der Waals surface area contributed by atoms with Gasteiger partial charge in [0.05, 0.1) is 0 Å². The first kappa shape index (κ1) is 5.61. The van der Waals surface area contributed by atoms with Crippen LogP contribution in [0.15, 0.2) is 17.6 Å². The van der Waals surface area contributed by atoms with Gasteiger partial charge in [-0.2, -0.15) is 4.98 Å². The monoisotopic (exact) mass is 152 g/mol. The van der Waals surface area contributed by atoms with Gasteiger partial charge in [0.1, 0.15) is 4.83 Å². The van der Waals surface area contributed by atoms with E-state index in [1.807, 2.05) is 11.4 Å². The zero-order chi connectivity index (χ0) is 6.97. The number of fused-ring (bicyclic) bond motifs is 1. The van der Waals surface area contributed by atoms with E-state index in [4.69, 9.17) is 5.11 Å². The minimum Gasteiger partial charge on any atom is -0.479 e. The van der Waals surface area contributed by atoms with E-state index in [1.165, 1.54) is 11.3 Å². The van der Waals surface area contributed by atoms with Gasteiger partial charge in [-0.3, -0.25) is 0 Å². The highest BCUT2D eigenvalue weighted by Gasteiger charge is 1.96. The molecule has 50 valence electrons. The van der Waals surface area contributed by atoms with Crippen molar-refractivity contribution in [1.82, 2.24) is 9.97 Å². The number of nitrogens with zero attached hydrogens (tertiary/aromatic N) is 2. The lowest BCUT2D eigenvalue weighted by Crippen LogP contribution is -1.76. The molecule has 0 atom stereocenters. The summed E-state index contributed by atoms with van der Waals surface area (Å²) in [4.78, 5) is 8.26. The Hall–Kier alpha value is -1.16.